The average molecular weight is 395 g/mol. The van der Waals surface area contributed by atoms with Gasteiger partial charge in [-0.3, -0.25) is 9.69 Å². The lowest BCUT2D eigenvalue weighted by molar-refractivity contribution is 0.0966. The van der Waals surface area contributed by atoms with Gasteiger partial charge in [0, 0.05) is 36.6 Å². The largest absolute Gasteiger partial charge is 0.299 e. The second-order valence-corrected chi connectivity index (χ2v) is 7.34. The van der Waals surface area contributed by atoms with Crippen LogP contribution in [0.1, 0.15) is 28.8 Å². The molecule has 1 aliphatic heterocycles. The Hall–Kier alpha value is -1.32. The third-order valence-corrected chi connectivity index (χ3v) is 5.40. The molecule has 2 aromatic carbocycles. The number of rotatable bonds is 5. The van der Waals surface area contributed by atoms with E-state index in [-0.39, 0.29) is 5.78 Å². The zero-order valence-corrected chi connectivity index (χ0v) is 15.9. The first-order valence-electron chi connectivity index (χ1n) is 8.18. The van der Waals surface area contributed by atoms with E-state index in [1.165, 1.54) is 11.1 Å². The highest BCUT2D eigenvalue weighted by Gasteiger charge is 2.15. The van der Waals surface area contributed by atoms with Crippen molar-refractivity contribution in [2.75, 3.05) is 19.6 Å². The fraction of sp³-hybridized carbons (Fsp3) is 0.250. The molecule has 0 fully saturated rings. The fourth-order valence-electron chi connectivity index (χ4n) is 2.91. The number of halogens is 3. The lowest BCUT2D eigenvalue weighted by atomic mass is 9.99. The predicted octanol–water partition coefficient (Wildman–Crippen LogP) is 6.01. The summed E-state index contributed by atoms with van der Waals surface area (Å²) < 4.78 is 0. The Balaban J connectivity index is 1.54. The number of carbonyl (C=O) groups excluding carboxylic acids is 1. The number of carbonyl (C=O) groups is 1. The molecule has 25 heavy (non-hydrogen) atoms. The van der Waals surface area contributed by atoms with E-state index < -0.39 is 0 Å². The Morgan fingerprint density at radius 2 is 1.76 bits per heavy atom. The molecule has 0 aliphatic carbocycles. The summed E-state index contributed by atoms with van der Waals surface area (Å²) in [7, 11) is 0. The number of nitrogens with zero attached hydrogens (tertiary/aromatic N) is 1. The van der Waals surface area contributed by atoms with Crippen molar-refractivity contribution in [3.8, 4) is 0 Å². The van der Waals surface area contributed by atoms with Crippen LogP contribution in [0, 0.1) is 0 Å². The molecule has 3 rings (SSSR count). The van der Waals surface area contributed by atoms with Gasteiger partial charge in [-0.25, -0.2) is 0 Å². The van der Waals surface area contributed by atoms with Crippen molar-refractivity contribution in [3.05, 3.63) is 74.7 Å². The van der Waals surface area contributed by atoms with E-state index in [9.17, 15) is 4.79 Å². The zero-order valence-electron chi connectivity index (χ0n) is 13.6. The Morgan fingerprint density at radius 1 is 1.00 bits per heavy atom. The normalized spacial score (nSPS) is 15.1. The van der Waals surface area contributed by atoms with Gasteiger partial charge < -0.3 is 0 Å². The molecule has 0 saturated carbocycles. The third-order valence-electron chi connectivity index (χ3n) is 4.40. The van der Waals surface area contributed by atoms with Crippen LogP contribution in [0.2, 0.25) is 15.1 Å². The van der Waals surface area contributed by atoms with Gasteiger partial charge in [0.15, 0.2) is 5.78 Å². The fourth-order valence-corrected chi connectivity index (χ4v) is 3.34. The number of Topliss-reactive ketones (excluding diaryl/α,β-unsaturated/α-hetero) is 1. The highest BCUT2D eigenvalue weighted by molar-refractivity contribution is 6.42. The maximum atomic E-state index is 12.3. The Morgan fingerprint density at radius 3 is 2.40 bits per heavy atom. The zero-order chi connectivity index (χ0) is 17.8. The van der Waals surface area contributed by atoms with E-state index in [0.29, 0.717) is 22.0 Å². The van der Waals surface area contributed by atoms with Crippen molar-refractivity contribution < 1.29 is 4.79 Å². The van der Waals surface area contributed by atoms with Crippen LogP contribution in [0.25, 0.3) is 5.57 Å². The van der Waals surface area contributed by atoms with Gasteiger partial charge in [0.05, 0.1) is 10.0 Å². The Kier molecular flexibility index (Phi) is 6.19. The molecule has 2 nitrogen and oxygen atoms in total. The molecule has 1 aliphatic rings. The van der Waals surface area contributed by atoms with Crippen LogP contribution in [0.4, 0.5) is 0 Å². The molecular weight excluding hydrogens is 377 g/mol. The summed E-state index contributed by atoms with van der Waals surface area (Å²) in [6.07, 6.45) is 3.68. The van der Waals surface area contributed by atoms with Crippen LogP contribution >= 0.6 is 34.8 Å². The van der Waals surface area contributed by atoms with E-state index >= 15 is 0 Å². The molecule has 0 spiro atoms. The molecular formula is C20H18Cl3NO. The summed E-state index contributed by atoms with van der Waals surface area (Å²) in [6, 6.07) is 13.0. The SMILES string of the molecule is O=C(CCN1CC=C(c2ccc(Cl)cc2)CC1)c1ccc(Cl)c(Cl)c1. The van der Waals surface area contributed by atoms with Crippen molar-refractivity contribution in [3.63, 3.8) is 0 Å². The minimum atomic E-state index is 0.0889. The summed E-state index contributed by atoms with van der Waals surface area (Å²) in [6.45, 7) is 2.54. The Bertz CT molecular complexity index is 799. The average Bonchev–Trinajstić information content (AvgIpc) is 2.63. The molecule has 0 aromatic heterocycles. The number of hydrogen-bond donors (Lipinski definition) is 0. The second kappa shape index (κ2) is 8.37. The van der Waals surface area contributed by atoms with Crippen molar-refractivity contribution in [1.82, 2.24) is 4.90 Å². The summed E-state index contributed by atoms with van der Waals surface area (Å²) in [4.78, 5) is 14.6. The molecule has 0 atom stereocenters. The monoisotopic (exact) mass is 393 g/mol. The van der Waals surface area contributed by atoms with Crippen LogP contribution in [0.15, 0.2) is 48.5 Å². The topological polar surface area (TPSA) is 20.3 Å². The van der Waals surface area contributed by atoms with Gasteiger partial charge in [0.1, 0.15) is 0 Å². The molecule has 0 N–H and O–H groups in total. The first-order chi connectivity index (χ1) is 12.0. The van der Waals surface area contributed by atoms with Crippen LogP contribution in [0.3, 0.4) is 0 Å². The molecule has 0 amide bonds. The van der Waals surface area contributed by atoms with Gasteiger partial charge in [-0.1, -0.05) is 53.0 Å². The molecule has 0 saturated heterocycles. The van der Waals surface area contributed by atoms with Gasteiger partial charge in [-0.05, 0) is 47.9 Å². The molecule has 5 heteroatoms. The van der Waals surface area contributed by atoms with Gasteiger partial charge in [0.2, 0.25) is 0 Å². The lowest BCUT2D eigenvalue weighted by Crippen LogP contribution is -2.30. The number of benzene rings is 2. The van der Waals surface area contributed by atoms with Crippen LogP contribution in [-0.4, -0.2) is 30.3 Å². The summed E-state index contributed by atoms with van der Waals surface area (Å²) in [5.41, 5.74) is 3.17. The van der Waals surface area contributed by atoms with Crippen molar-refractivity contribution in [2.45, 2.75) is 12.8 Å². The quantitative estimate of drug-likeness (QED) is 0.579. The highest BCUT2D eigenvalue weighted by atomic mass is 35.5. The summed E-state index contributed by atoms with van der Waals surface area (Å²) >= 11 is 17.8. The van der Waals surface area contributed by atoms with Gasteiger partial charge in [-0.2, -0.15) is 0 Å². The molecule has 130 valence electrons. The van der Waals surface area contributed by atoms with E-state index in [0.717, 1.165) is 31.1 Å². The number of hydrogen-bond acceptors (Lipinski definition) is 2. The molecule has 0 unspecified atom stereocenters. The Labute approximate surface area is 163 Å². The maximum Gasteiger partial charge on any atom is 0.164 e. The predicted molar refractivity (Wildman–Crippen MR) is 106 cm³/mol. The minimum Gasteiger partial charge on any atom is -0.299 e. The van der Waals surface area contributed by atoms with Crippen LogP contribution in [0.5, 0.6) is 0 Å². The third kappa shape index (κ3) is 4.86. The second-order valence-electron chi connectivity index (χ2n) is 6.09. The smallest absolute Gasteiger partial charge is 0.164 e. The lowest BCUT2D eigenvalue weighted by Gasteiger charge is -2.26. The van der Waals surface area contributed by atoms with Gasteiger partial charge >= 0.3 is 0 Å². The highest BCUT2D eigenvalue weighted by Crippen LogP contribution is 2.25. The standard InChI is InChI=1S/C20H18Cl3NO/c21-17-4-1-14(2-5-17)15-7-10-24(11-8-15)12-9-20(25)16-3-6-18(22)19(23)13-16/h1-7,13H,8-12H2. The van der Waals surface area contributed by atoms with Crippen molar-refractivity contribution in [2.24, 2.45) is 0 Å². The van der Waals surface area contributed by atoms with Crippen LogP contribution in [-0.2, 0) is 0 Å². The van der Waals surface area contributed by atoms with E-state index in [1.54, 1.807) is 18.2 Å². The maximum absolute atomic E-state index is 12.3. The summed E-state index contributed by atoms with van der Waals surface area (Å²) in [5, 5.41) is 1.64. The minimum absolute atomic E-state index is 0.0889. The first kappa shape index (κ1) is 18.5. The van der Waals surface area contributed by atoms with E-state index in [4.69, 9.17) is 34.8 Å². The van der Waals surface area contributed by atoms with Crippen molar-refractivity contribution >= 4 is 46.2 Å². The molecule has 0 bridgehead atoms. The van der Waals surface area contributed by atoms with Crippen LogP contribution < -0.4 is 0 Å². The van der Waals surface area contributed by atoms with Gasteiger partial charge in [-0.15, -0.1) is 0 Å². The molecule has 2 aromatic rings. The number of ketones is 1. The van der Waals surface area contributed by atoms with E-state index in [1.807, 2.05) is 12.1 Å². The summed E-state index contributed by atoms with van der Waals surface area (Å²) in [5.74, 6) is 0.0889. The van der Waals surface area contributed by atoms with Gasteiger partial charge in [0.25, 0.3) is 0 Å². The first-order valence-corrected chi connectivity index (χ1v) is 9.32. The molecule has 1 heterocycles. The van der Waals surface area contributed by atoms with E-state index in [2.05, 4.69) is 23.1 Å². The molecule has 0 radical (unpaired) electrons. The van der Waals surface area contributed by atoms with Crippen molar-refractivity contribution in [1.29, 1.82) is 0 Å².